The van der Waals surface area contributed by atoms with Crippen molar-refractivity contribution in [2.45, 2.75) is 6.92 Å². The van der Waals surface area contributed by atoms with Gasteiger partial charge in [-0.15, -0.1) is 0 Å². The van der Waals surface area contributed by atoms with Gasteiger partial charge in [-0.25, -0.2) is 4.79 Å². The van der Waals surface area contributed by atoms with E-state index in [2.05, 4.69) is 4.98 Å². The highest BCUT2D eigenvalue weighted by Crippen LogP contribution is 2.18. The minimum Gasteiger partial charge on any atom is -0.454 e. The lowest BCUT2D eigenvalue weighted by Gasteiger charge is -2.00. The fraction of sp³-hybridized carbons (Fsp3) is 0.125. The molecule has 1 heterocycles. The van der Waals surface area contributed by atoms with E-state index in [1.54, 1.807) is 24.4 Å². The van der Waals surface area contributed by atoms with Crippen LogP contribution in [0.1, 0.15) is 17.3 Å². The van der Waals surface area contributed by atoms with E-state index in [0.29, 0.717) is 5.56 Å². The van der Waals surface area contributed by atoms with Gasteiger partial charge in [0.15, 0.2) is 6.61 Å². The van der Waals surface area contributed by atoms with Crippen LogP contribution in [0.3, 0.4) is 0 Å². The lowest BCUT2D eigenvalue weighted by atomic mass is 10.1. The Balaban J connectivity index is 2.00. The Bertz CT molecular complexity index is 680. The van der Waals surface area contributed by atoms with Gasteiger partial charge in [-0.1, -0.05) is 36.4 Å². The van der Waals surface area contributed by atoms with E-state index in [1.807, 2.05) is 31.2 Å². The molecule has 0 saturated carbocycles. The molecule has 2 rings (SSSR count). The van der Waals surface area contributed by atoms with E-state index in [-0.39, 0.29) is 12.4 Å². The molecule has 4 heteroatoms. The molecule has 2 aromatic rings. The second-order valence-corrected chi connectivity index (χ2v) is 4.16. The molecule has 0 aliphatic rings. The predicted molar refractivity (Wildman–Crippen MR) is 77.5 cm³/mol. The van der Waals surface area contributed by atoms with Crippen LogP contribution in [0.4, 0.5) is 0 Å². The van der Waals surface area contributed by atoms with Crippen LogP contribution in [0.15, 0.2) is 54.8 Å². The maximum Gasteiger partial charge on any atom is 0.331 e. The zero-order chi connectivity index (χ0) is 14.4. The van der Waals surface area contributed by atoms with Gasteiger partial charge < -0.3 is 9.72 Å². The topological polar surface area (TPSA) is 59.2 Å². The third kappa shape index (κ3) is 3.23. The molecule has 0 bridgehead atoms. The molecule has 1 N–H and O–H groups in total. The highest BCUT2D eigenvalue weighted by atomic mass is 16.5. The number of carbonyl (C=O) groups excluding carboxylic acids is 2. The van der Waals surface area contributed by atoms with Crippen LogP contribution in [-0.4, -0.2) is 23.3 Å². The Hall–Kier alpha value is -2.62. The first kappa shape index (κ1) is 13.8. The smallest absolute Gasteiger partial charge is 0.331 e. The van der Waals surface area contributed by atoms with E-state index in [0.717, 1.165) is 10.9 Å². The molecule has 20 heavy (non-hydrogen) atoms. The number of carbonyl (C=O) groups is 2. The van der Waals surface area contributed by atoms with Crippen molar-refractivity contribution >= 4 is 22.7 Å². The minimum absolute atomic E-state index is 0.227. The largest absolute Gasteiger partial charge is 0.454 e. The second kappa shape index (κ2) is 6.52. The number of benzene rings is 1. The number of ketones is 1. The van der Waals surface area contributed by atoms with E-state index < -0.39 is 5.97 Å². The van der Waals surface area contributed by atoms with Gasteiger partial charge in [0.1, 0.15) is 0 Å². The molecule has 0 fully saturated rings. The van der Waals surface area contributed by atoms with Gasteiger partial charge in [-0.2, -0.15) is 0 Å². The van der Waals surface area contributed by atoms with Crippen molar-refractivity contribution in [3.8, 4) is 0 Å². The summed E-state index contributed by atoms with van der Waals surface area (Å²) in [6, 6.07) is 7.49. The van der Waals surface area contributed by atoms with Gasteiger partial charge in [0.2, 0.25) is 5.78 Å². The number of aromatic amines is 1. The maximum absolute atomic E-state index is 12.0. The molecule has 0 aliphatic heterocycles. The molecule has 1 aromatic carbocycles. The van der Waals surface area contributed by atoms with E-state index in [4.69, 9.17) is 4.74 Å². The van der Waals surface area contributed by atoms with Gasteiger partial charge in [-0.05, 0) is 13.0 Å². The zero-order valence-electron chi connectivity index (χ0n) is 11.1. The molecule has 0 radical (unpaired) electrons. The summed E-state index contributed by atoms with van der Waals surface area (Å²) in [7, 11) is 0. The summed E-state index contributed by atoms with van der Waals surface area (Å²) < 4.78 is 4.90. The van der Waals surface area contributed by atoms with Gasteiger partial charge in [0.25, 0.3) is 0 Å². The van der Waals surface area contributed by atoms with E-state index in [1.165, 1.54) is 6.08 Å². The van der Waals surface area contributed by atoms with Crippen LogP contribution in [0.25, 0.3) is 10.9 Å². The van der Waals surface area contributed by atoms with Crippen molar-refractivity contribution in [1.29, 1.82) is 0 Å². The first-order valence-electron chi connectivity index (χ1n) is 6.28. The number of para-hydroxylation sites is 1. The number of H-pyrrole nitrogens is 1. The third-order valence-corrected chi connectivity index (χ3v) is 2.77. The van der Waals surface area contributed by atoms with Crippen LogP contribution in [0, 0.1) is 0 Å². The quantitative estimate of drug-likeness (QED) is 0.393. The Morgan fingerprint density at radius 3 is 2.85 bits per heavy atom. The van der Waals surface area contributed by atoms with Crippen molar-refractivity contribution in [3.05, 3.63) is 60.3 Å². The van der Waals surface area contributed by atoms with E-state index in [9.17, 15) is 9.59 Å². The molecule has 4 nitrogen and oxygen atoms in total. The van der Waals surface area contributed by atoms with Crippen LogP contribution < -0.4 is 0 Å². The Labute approximate surface area is 116 Å². The summed E-state index contributed by atoms with van der Waals surface area (Å²) in [5.41, 5.74) is 1.42. The van der Waals surface area contributed by atoms with Gasteiger partial charge in [0.05, 0.1) is 0 Å². The van der Waals surface area contributed by atoms with Gasteiger partial charge in [-0.3, -0.25) is 4.79 Å². The van der Waals surface area contributed by atoms with Crippen LogP contribution in [0.2, 0.25) is 0 Å². The van der Waals surface area contributed by atoms with E-state index >= 15 is 0 Å². The van der Waals surface area contributed by atoms with Crippen molar-refractivity contribution in [2.24, 2.45) is 0 Å². The Morgan fingerprint density at radius 1 is 1.25 bits per heavy atom. The number of esters is 1. The molecule has 0 spiro atoms. The minimum atomic E-state index is -0.531. The van der Waals surface area contributed by atoms with Crippen LogP contribution in [0.5, 0.6) is 0 Å². The maximum atomic E-state index is 12.0. The summed E-state index contributed by atoms with van der Waals surface area (Å²) in [5, 5.41) is 0.831. The first-order chi connectivity index (χ1) is 9.72. The fourth-order valence-corrected chi connectivity index (χ4v) is 1.81. The molecule has 0 atom stereocenters. The summed E-state index contributed by atoms with van der Waals surface area (Å²) in [4.78, 5) is 26.4. The number of nitrogens with one attached hydrogen (secondary N) is 1. The molecule has 0 aliphatic carbocycles. The summed E-state index contributed by atoms with van der Waals surface area (Å²) in [5.74, 6) is -0.758. The molecular weight excluding hydrogens is 254 g/mol. The second-order valence-electron chi connectivity index (χ2n) is 4.16. The third-order valence-electron chi connectivity index (χ3n) is 2.77. The number of ether oxygens (including phenoxy) is 1. The summed E-state index contributed by atoms with van der Waals surface area (Å²) >= 11 is 0. The van der Waals surface area contributed by atoms with Gasteiger partial charge >= 0.3 is 5.97 Å². The number of allylic oxidation sites excluding steroid dienone is 3. The normalized spacial score (nSPS) is 11.4. The zero-order valence-corrected chi connectivity index (χ0v) is 11.1. The van der Waals surface area contributed by atoms with Crippen molar-refractivity contribution < 1.29 is 14.3 Å². The molecule has 0 unspecified atom stereocenters. The summed E-state index contributed by atoms with van der Waals surface area (Å²) in [6.07, 6.45) is 7.99. The number of hydrogen-bond acceptors (Lipinski definition) is 3. The predicted octanol–water partition coefficient (Wildman–Crippen LogP) is 3.03. The molecule has 0 amide bonds. The van der Waals surface area contributed by atoms with Crippen molar-refractivity contribution in [1.82, 2.24) is 4.98 Å². The number of Topliss-reactive ketones (excluding diaryl/α,β-unsaturated/α-hetero) is 1. The molecule has 102 valence electrons. The monoisotopic (exact) mass is 269 g/mol. The van der Waals surface area contributed by atoms with Crippen molar-refractivity contribution in [2.75, 3.05) is 6.61 Å². The number of aromatic nitrogens is 1. The molecule has 1 aromatic heterocycles. The van der Waals surface area contributed by atoms with Crippen LogP contribution >= 0.6 is 0 Å². The summed E-state index contributed by atoms with van der Waals surface area (Å²) in [6.45, 7) is 1.58. The number of hydrogen-bond donors (Lipinski definition) is 1. The molecule has 0 saturated heterocycles. The number of rotatable bonds is 5. The first-order valence-corrected chi connectivity index (χ1v) is 6.28. The average molecular weight is 269 g/mol. The average Bonchev–Trinajstić information content (AvgIpc) is 2.89. The standard InChI is InChI=1S/C16H15NO3/c1-2-3-4-9-16(19)20-11-15(18)13-10-17-14-8-6-5-7-12(13)14/h2-10,17H,11H2,1H3. The highest BCUT2D eigenvalue weighted by molar-refractivity contribution is 6.08. The number of fused-ring (bicyclic) bond motifs is 1. The highest BCUT2D eigenvalue weighted by Gasteiger charge is 2.13. The lowest BCUT2D eigenvalue weighted by Crippen LogP contribution is -2.12. The Kier molecular flexibility index (Phi) is 4.50. The Morgan fingerprint density at radius 2 is 2.05 bits per heavy atom. The molecular formula is C16H15NO3. The van der Waals surface area contributed by atoms with Crippen molar-refractivity contribution in [3.63, 3.8) is 0 Å². The lowest BCUT2D eigenvalue weighted by molar-refractivity contribution is -0.136. The van der Waals surface area contributed by atoms with Gasteiger partial charge in [0, 0.05) is 28.7 Å². The SMILES string of the molecule is CC=CC=CC(=O)OCC(=O)c1c[nH]c2ccccc12. The fourth-order valence-electron chi connectivity index (χ4n) is 1.81. The van der Waals surface area contributed by atoms with Crippen LogP contribution in [-0.2, 0) is 9.53 Å².